The van der Waals surface area contributed by atoms with Crippen LogP contribution >= 0.6 is 27.3 Å². The van der Waals surface area contributed by atoms with Gasteiger partial charge in [-0.25, -0.2) is 8.42 Å². The van der Waals surface area contributed by atoms with Gasteiger partial charge in [0.15, 0.2) is 0 Å². The molecule has 0 fully saturated rings. The van der Waals surface area contributed by atoms with E-state index in [-0.39, 0.29) is 27.8 Å². The summed E-state index contributed by atoms with van der Waals surface area (Å²) < 4.78 is 32.4. The molecule has 0 atom stereocenters. The molecule has 2 heterocycles. The Morgan fingerprint density at radius 2 is 2.15 bits per heavy atom. The van der Waals surface area contributed by atoms with E-state index in [1.54, 1.807) is 6.07 Å². The van der Waals surface area contributed by atoms with Crippen molar-refractivity contribution < 1.29 is 17.7 Å². The lowest BCUT2D eigenvalue weighted by atomic mass is 10.2. The highest BCUT2D eigenvalue weighted by molar-refractivity contribution is 9.10. The number of rotatable bonds is 6. The van der Waals surface area contributed by atoms with E-state index in [1.165, 1.54) is 6.92 Å². The zero-order valence-electron chi connectivity index (χ0n) is 13.1. The average molecular weight is 459 g/mol. The lowest BCUT2D eigenvalue weighted by Gasteiger charge is -1.99. The van der Waals surface area contributed by atoms with Crippen molar-refractivity contribution in [2.75, 3.05) is 5.32 Å². The van der Waals surface area contributed by atoms with Gasteiger partial charge in [-0.1, -0.05) is 44.6 Å². The fraction of sp³-hybridized carbons (Fsp3) is 0.154. The van der Waals surface area contributed by atoms with Gasteiger partial charge < -0.3 is 9.84 Å². The predicted octanol–water partition coefficient (Wildman–Crippen LogP) is 1.79. The van der Waals surface area contributed by atoms with E-state index in [1.807, 2.05) is 18.2 Å². The fourth-order valence-corrected chi connectivity index (χ4v) is 4.17. The minimum atomic E-state index is -3.93. The van der Waals surface area contributed by atoms with Crippen molar-refractivity contribution in [3.8, 4) is 11.4 Å². The van der Waals surface area contributed by atoms with Crippen LogP contribution in [0.4, 0.5) is 5.13 Å². The van der Waals surface area contributed by atoms with Crippen LogP contribution in [0.15, 0.2) is 37.6 Å². The molecule has 0 radical (unpaired) electrons. The molecule has 13 heteroatoms. The molecule has 2 aromatic heterocycles. The molecular formula is C13H11BrN6O4S2. The Balaban J connectivity index is 1.68. The minimum Gasteiger partial charge on any atom is -0.338 e. The monoisotopic (exact) mass is 458 g/mol. The van der Waals surface area contributed by atoms with E-state index in [9.17, 15) is 13.2 Å². The number of aromatic nitrogens is 4. The van der Waals surface area contributed by atoms with Crippen molar-refractivity contribution in [2.24, 2.45) is 0 Å². The van der Waals surface area contributed by atoms with Gasteiger partial charge in [-0.2, -0.15) is 9.71 Å². The third-order valence-electron chi connectivity index (χ3n) is 2.88. The van der Waals surface area contributed by atoms with Gasteiger partial charge in [0.2, 0.25) is 27.1 Å². The number of nitrogens with zero attached hydrogens (tertiary/aromatic N) is 4. The van der Waals surface area contributed by atoms with Crippen LogP contribution in [0.3, 0.4) is 0 Å². The molecule has 0 aliphatic rings. The Kier molecular flexibility index (Phi) is 5.41. The predicted molar refractivity (Wildman–Crippen MR) is 95.7 cm³/mol. The number of carbonyl (C=O) groups excluding carboxylic acids is 1. The second kappa shape index (κ2) is 7.57. The Morgan fingerprint density at radius 3 is 2.88 bits per heavy atom. The molecule has 0 saturated heterocycles. The standard InChI is InChI=1S/C13H11BrN6O4S2/c1-7(21)16-12-18-19-13(25-12)26(22,23)15-6-10-17-11(20-24-10)8-3-2-4-9(14)5-8/h2-5,15H,6H2,1H3,(H,16,18,21). The Labute approximate surface area is 160 Å². The summed E-state index contributed by atoms with van der Waals surface area (Å²) in [6.07, 6.45) is 0. The maximum absolute atomic E-state index is 12.2. The smallest absolute Gasteiger partial charge is 0.270 e. The summed E-state index contributed by atoms with van der Waals surface area (Å²) in [5.74, 6) is 0.0588. The van der Waals surface area contributed by atoms with E-state index in [2.05, 4.69) is 46.3 Å². The van der Waals surface area contributed by atoms with Crippen molar-refractivity contribution in [1.82, 2.24) is 25.1 Å². The lowest BCUT2D eigenvalue weighted by Crippen LogP contribution is -2.23. The SMILES string of the molecule is CC(=O)Nc1nnc(S(=O)(=O)NCc2nc(-c3cccc(Br)c3)no2)s1. The molecule has 1 aromatic carbocycles. The quantitative estimate of drug-likeness (QED) is 0.532. The van der Waals surface area contributed by atoms with Gasteiger partial charge in [0.05, 0.1) is 6.54 Å². The first-order valence-electron chi connectivity index (χ1n) is 7.03. The summed E-state index contributed by atoms with van der Waals surface area (Å²) in [5, 5.41) is 13.4. The molecule has 0 unspecified atom stereocenters. The Morgan fingerprint density at radius 1 is 1.35 bits per heavy atom. The molecule has 10 nitrogen and oxygen atoms in total. The van der Waals surface area contributed by atoms with Crippen LogP contribution in [-0.4, -0.2) is 34.7 Å². The van der Waals surface area contributed by atoms with Crippen LogP contribution < -0.4 is 10.0 Å². The number of halogens is 1. The van der Waals surface area contributed by atoms with Gasteiger partial charge in [-0.15, -0.1) is 10.2 Å². The molecule has 2 N–H and O–H groups in total. The third-order valence-corrected chi connectivity index (χ3v) is 5.98. The summed E-state index contributed by atoms with van der Waals surface area (Å²) in [6.45, 7) is 1.07. The van der Waals surface area contributed by atoms with E-state index in [0.29, 0.717) is 5.82 Å². The fourth-order valence-electron chi connectivity index (χ4n) is 1.81. The molecule has 0 bridgehead atoms. The minimum absolute atomic E-state index is 0.0904. The van der Waals surface area contributed by atoms with Crippen LogP contribution in [0.5, 0.6) is 0 Å². The highest BCUT2D eigenvalue weighted by Gasteiger charge is 2.21. The molecular weight excluding hydrogens is 448 g/mol. The van der Waals surface area contributed by atoms with Gasteiger partial charge in [-0.3, -0.25) is 4.79 Å². The summed E-state index contributed by atoms with van der Waals surface area (Å²) in [6, 6.07) is 7.29. The number of amides is 1. The molecule has 0 saturated carbocycles. The zero-order chi connectivity index (χ0) is 18.7. The van der Waals surface area contributed by atoms with Crippen molar-refractivity contribution >= 4 is 48.3 Å². The van der Waals surface area contributed by atoms with Crippen LogP contribution in [0.1, 0.15) is 12.8 Å². The highest BCUT2D eigenvalue weighted by atomic mass is 79.9. The maximum atomic E-state index is 12.2. The second-order valence-electron chi connectivity index (χ2n) is 4.90. The molecule has 3 aromatic rings. The van der Waals surface area contributed by atoms with E-state index in [0.717, 1.165) is 21.4 Å². The molecule has 0 spiro atoms. The number of carbonyl (C=O) groups is 1. The molecule has 0 aliphatic heterocycles. The maximum Gasteiger partial charge on any atom is 0.270 e. The Bertz CT molecular complexity index is 1050. The summed E-state index contributed by atoms with van der Waals surface area (Å²) in [4.78, 5) is 15.1. The van der Waals surface area contributed by atoms with Gasteiger partial charge in [0.1, 0.15) is 0 Å². The molecule has 136 valence electrons. The van der Waals surface area contributed by atoms with Crippen molar-refractivity contribution in [1.29, 1.82) is 0 Å². The van der Waals surface area contributed by atoms with Crippen LogP contribution in [-0.2, 0) is 21.4 Å². The highest BCUT2D eigenvalue weighted by Crippen LogP contribution is 2.21. The average Bonchev–Trinajstić information content (AvgIpc) is 3.22. The van der Waals surface area contributed by atoms with E-state index in [4.69, 9.17) is 4.52 Å². The van der Waals surface area contributed by atoms with E-state index >= 15 is 0 Å². The van der Waals surface area contributed by atoms with Gasteiger partial charge in [-0.05, 0) is 12.1 Å². The number of nitrogens with one attached hydrogen (secondary N) is 2. The molecule has 26 heavy (non-hydrogen) atoms. The first kappa shape index (κ1) is 18.6. The molecule has 0 aliphatic carbocycles. The molecule has 1 amide bonds. The summed E-state index contributed by atoms with van der Waals surface area (Å²) in [5.41, 5.74) is 0.723. The number of anilines is 1. The first-order chi connectivity index (χ1) is 12.3. The number of benzene rings is 1. The van der Waals surface area contributed by atoms with Gasteiger partial charge in [0, 0.05) is 17.0 Å². The second-order valence-corrected chi connectivity index (χ2v) is 8.73. The van der Waals surface area contributed by atoms with E-state index < -0.39 is 10.0 Å². The first-order valence-corrected chi connectivity index (χ1v) is 10.1. The number of hydrogen-bond acceptors (Lipinski definition) is 9. The zero-order valence-corrected chi connectivity index (χ0v) is 16.4. The summed E-state index contributed by atoms with van der Waals surface area (Å²) in [7, 11) is -3.93. The third kappa shape index (κ3) is 4.49. The van der Waals surface area contributed by atoms with Gasteiger partial charge in [0.25, 0.3) is 10.0 Å². The Hall–Kier alpha value is -2.22. The van der Waals surface area contributed by atoms with Crippen molar-refractivity contribution in [2.45, 2.75) is 17.8 Å². The van der Waals surface area contributed by atoms with Crippen LogP contribution in [0.25, 0.3) is 11.4 Å². The van der Waals surface area contributed by atoms with Crippen LogP contribution in [0, 0.1) is 0 Å². The molecule has 3 rings (SSSR count). The summed E-state index contributed by atoms with van der Waals surface area (Å²) >= 11 is 4.08. The van der Waals surface area contributed by atoms with Crippen molar-refractivity contribution in [3.63, 3.8) is 0 Å². The number of sulfonamides is 1. The van der Waals surface area contributed by atoms with Crippen molar-refractivity contribution in [3.05, 3.63) is 34.6 Å². The van der Waals surface area contributed by atoms with Gasteiger partial charge >= 0.3 is 0 Å². The largest absolute Gasteiger partial charge is 0.338 e. The normalized spacial score (nSPS) is 11.5. The lowest BCUT2D eigenvalue weighted by molar-refractivity contribution is -0.114. The number of hydrogen-bond donors (Lipinski definition) is 2. The topological polar surface area (TPSA) is 140 Å². The van der Waals surface area contributed by atoms with Crippen LogP contribution in [0.2, 0.25) is 0 Å².